The number of aryl methyl sites for hydroxylation is 1. The zero-order chi connectivity index (χ0) is 23.8. The Kier molecular flexibility index (Phi) is 8.58. The van der Waals surface area contributed by atoms with E-state index in [0.717, 1.165) is 11.3 Å². The highest BCUT2D eigenvalue weighted by Gasteiger charge is 2.23. The van der Waals surface area contributed by atoms with Crippen molar-refractivity contribution < 1.29 is 9.59 Å². The molecule has 2 aromatic carbocycles. The first-order valence-corrected chi connectivity index (χ1v) is 11.2. The van der Waals surface area contributed by atoms with Gasteiger partial charge in [0.05, 0.1) is 22.3 Å². The summed E-state index contributed by atoms with van der Waals surface area (Å²) in [4.78, 5) is 29.4. The summed E-state index contributed by atoms with van der Waals surface area (Å²) in [6.07, 6.45) is 3.51. The fourth-order valence-electron chi connectivity index (χ4n) is 3.33. The van der Waals surface area contributed by atoms with Crippen molar-refractivity contribution in [3.05, 3.63) is 101 Å². The van der Waals surface area contributed by atoms with Crippen molar-refractivity contribution in [1.82, 2.24) is 14.4 Å². The number of nitrogens with one attached hydrogen (secondary N) is 1. The number of rotatable bonds is 9. The Morgan fingerprint density at radius 1 is 0.970 bits per heavy atom. The number of nitrogens with zero attached hydrogens (tertiary/aromatic N) is 3. The maximum atomic E-state index is 13.4. The minimum atomic E-state index is -0.489. The van der Waals surface area contributed by atoms with Gasteiger partial charge in [-0.05, 0) is 29.8 Å². The highest BCUT2D eigenvalue weighted by molar-refractivity contribution is 6.39. The summed E-state index contributed by atoms with van der Waals surface area (Å²) >= 11 is 12.4. The number of halogens is 2. The van der Waals surface area contributed by atoms with E-state index in [1.165, 1.54) is 4.90 Å². The van der Waals surface area contributed by atoms with Crippen LogP contribution in [0.3, 0.4) is 0 Å². The number of amides is 3. The van der Waals surface area contributed by atoms with Crippen LogP contribution >= 0.6 is 23.2 Å². The number of benzene rings is 2. The van der Waals surface area contributed by atoms with Crippen molar-refractivity contribution in [2.75, 3.05) is 18.4 Å². The molecule has 8 heteroatoms. The van der Waals surface area contributed by atoms with E-state index < -0.39 is 6.03 Å². The molecule has 6 nitrogen and oxygen atoms in total. The molecule has 1 N–H and O–H groups in total. The largest absolute Gasteiger partial charge is 0.353 e. The van der Waals surface area contributed by atoms with E-state index in [2.05, 4.69) is 11.9 Å². The molecule has 3 aromatic rings. The summed E-state index contributed by atoms with van der Waals surface area (Å²) in [5.74, 6) is -0.192. The van der Waals surface area contributed by atoms with Crippen molar-refractivity contribution in [2.45, 2.75) is 13.1 Å². The molecule has 0 fully saturated rings. The third-order valence-electron chi connectivity index (χ3n) is 5.13. The van der Waals surface area contributed by atoms with Crippen LogP contribution in [-0.4, -0.2) is 39.4 Å². The van der Waals surface area contributed by atoms with E-state index >= 15 is 0 Å². The standard InChI is InChI=1S/C25H26Cl2N4O2/c1-3-14-30(25(33)28-24-21(26)12-7-13-22(24)27)18-23(32)31(16-19-9-5-4-6-10-19)17-20-11-8-15-29(20)2/h3-13,15H,1,14,16-18H2,2H3,(H,28,33). The Labute approximate surface area is 204 Å². The predicted molar refractivity (Wildman–Crippen MR) is 133 cm³/mol. The van der Waals surface area contributed by atoms with E-state index in [4.69, 9.17) is 23.2 Å². The van der Waals surface area contributed by atoms with Gasteiger partial charge in [0, 0.05) is 32.0 Å². The molecule has 0 radical (unpaired) electrons. The van der Waals surface area contributed by atoms with Gasteiger partial charge in [0.25, 0.3) is 0 Å². The van der Waals surface area contributed by atoms with Gasteiger partial charge >= 0.3 is 6.03 Å². The van der Waals surface area contributed by atoms with E-state index in [0.29, 0.717) is 28.8 Å². The van der Waals surface area contributed by atoms with Crippen molar-refractivity contribution in [3.63, 3.8) is 0 Å². The van der Waals surface area contributed by atoms with Crippen LogP contribution in [0.15, 0.2) is 79.5 Å². The van der Waals surface area contributed by atoms with Crippen molar-refractivity contribution in [2.24, 2.45) is 7.05 Å². The molecule has 0 aliphatic carbocycles. The number of anilines is 1. The minimum Gasteiger partial charge on any atom is -0.353 e. The molecule has 3 rings (SSSR count). The Bertz CT molecular complexity index is 1090. The lowest BCUT2D eigenvalue weighted by molar-refractivity contribution is -0.133. The van der Waals surface area contributed by atoms with E-state index in [-0.39, 0.29) is 19.0 Å². The molecular formula is C25H26Cl2N4O2. The molecular weight excluding hydrogens is 459 g/mol. The SMILES string of the molecule is C=CCN(CC(=O)N(Cc1ccccc1)Cc1cccn1C)C(=O)Nc1c(Cl)cccc1Cl. The smallest absolute Gasteiger partial charge is 0.322 e. The Morgan fingerprint density at radius 3 is 2.27 bits per heavy atom. The molecule has 0 spiro atoms. The first-order chi connectivity index (χ1) is 15.9. The summed E-state index contributed by atoms with van der Waals surface area (Å²) < 4.78 is 1.97. The molecule has 33 heavy (non-hydrogen) atoms. The average molecular weight is 485 g/mol. The van der Waals surface area contributed by atoms with Crippen LogP contribution in [-0.2, 0) is 24.9 Å². The van der Waals surface area contributed by atoms with Gasteiger partial charge in [0.2, 0.25) is 5.91 Å². The van der Waals surface area contributed by atoms with Gasteiger partial charge in [-0.25, -0.2) is 4.79 Å². The first kappa shape index (κ1) is 24.4. The van der Waals surface area contributed by atoms with Crippen LogP contribution in [0.4, 0.5) is 10.5 Å². The van der Waals surface area contributed by atoms with E-state index in [9.17, 15) is 9.59 Å². The third-order valence-corrected chi connectivity index (χ3v) is 5.76. The summed E-state index contributed by atoms with van der Waals surface area (Å²) in [6, 6.07) is 18.1. The highest BCUT2D eigenvalue weighted by Crippen LogP contribution is 2.30. The number of carbonyl (C=O) groups is 2. The molecule has 0 aliphatic rings. The second kappa shape index (κ2) is 11.6. The van der Waals surface area contributed by atoms with Crippen LogP contribution < -0.4 is 5.32 Å². The van der Waals surface area contributed by atoms with Crippen molar-refractivity contribution in [1.29, 1.82) is 0 Å². The third kappa shape index (κ3) is 6.63. The molecule has 0 atom stereocenters. The van der Waals surface area contributed by atoms with Gasteiger partial charge in [-0.1, -0.05) is 65.7 Å². The monoisotopic (exact) mass is 484 g/mol. The Hall–Kier alpha value is -3.22. The van der Waals surface area contributed by atoms with Gasteiger partial charge in [-0.2, -0.15) is 0 Å². The highest BCUT2D eigenvalue weighted by atomic mass is 35.5. The number of urea groups is 1. The number of aromatic nitrogens is 1. The lowest BCUT2D eigenvalue weighted by Gasteiger charge is -2.28. The molecule has 0 unspecified atom stereocenters. The molecule has 0 aliphatic heterocycles. The second-order valence-corrected chi connectivity index (χ2v) is 8.36. The topological polar surface area (TPSA) is 57.6 Å². The Balaban J connectivity index is 1.78. The predicted octanol–water partition coefficient (Wildman–Crippen LogP) is 5.58. The van der Waals surface area contributed by atoms with Crippen LogP contribution in [0, 0.1) is 0 Å². The van der Waals surface area contributed by atoms with Gasteiger partial charge in [0.15, 0.2) is 0 Å². The van der Waals surface area contributed by atoms with Gasteiger partial charge in [0.1, 0.15) is 6.54 Å². The van der Waals surface area contributed by atoms with E-state index in [1.807, 2.05) is 60.3 Å². The summed E-state index contributed by atoms with van der Waals surface area (Å²) in [6.45, 7) is 4.61. The number of para-hydroxylation sites is 1. The van der Waals surface area contributed by atoms with Crippen LogP contribution in [0.1, 0.15) is 11.3 Å². The zero-order valence-corrected chi connectivity index (χ0v) is 19.9. The van der Waals surface area contributed by atoms with Crippen LogP contribution in [0.2, 0.25) is 10.0 Å². The molecule has 1 aromatic heterocycles. The fourth-order valence-corrected chi connectivity index (χ4v) is 3.83. The zero-order valence-electron chi connectivity index (χ0n) is 18.4. The van der Waals surface area contributed by atoms with Crippen molar-refractivity contribution in [3.8, 4) is 0 Å². The fraction of sp³-hybridized carbons (Fsp3) is 0.200. The quantitative estimate of drug-likeness (QED) is 0.403. The number of hydrogen-bond donors (Lipinski definition) is 1. The first-order valence-electron chi connectivity index (χ1n) is 10.4. The summed E-state index contributed by atoms with van der Waals surface area (Å²) in [7, 11) is 1.94. The molecule has 1 heterocycles. The number of hydrogen-bond acceptors (Lipinski definition) is 2. The maximum absolute atomic E-state index is 13.4. The maximum Gasteiger partial charge on any atom is 0.322 e. The molecule has 0 saturated carbocycles. The number of carbonyl (C=O) groups excluding carboxylic acids is 2. The Morgan fingerprint density at radius 2 is 1.67 bits per heavy atom. The minimum absolute atomic E-state index is 0.128. The van der Waals surface area contributed by atoms with Crippen LogP contribution in [0.25, 0.3) is 0 Å². The molecule has 172 valence electrons. The molecule has 0 saturated heterocycles. The summed E-state index contributed by atoms with van der Waals surface area (Å²) in [5.41, 5.74) is 2.29. The second-order valence-electron chi connectivity index (χ2n) is 7.54. The lowest BCUT2D eigenvalue weighted by atomic mass is 10.2. The van der Waals surface area contributed by atoms with Crippen molar-refractivity contribution >= 4 is 40.8 Å². The lowest BCUT2D eigenvalue weighted by Crippen LogP contribution is -2.44. The molecule has 3 amide bonds. The molecule has 0 bridgehead atoms. The van der Waals surface area contributed by atoms with Crippen LogP contribution in [0.5, 0.6) is 0 Å². The van der Waals surface area contributed by atoms with Gasteiger partial charge in [-0.3, -0.25) is 4.79 Å². The average Bonchev–Trinajstić information content (AvgIpc) is 3.20. The van der Waals surface area contributed by atoms with E-state index in [1.54, 1.807) is 29.2 Å². The van der Waals surface area contributed by atoms with Gasteiger partial charge in [-0.15, -0.1) is 6.58 Å². The normalized spacial score (nSPS) is 10.5. The van der Waals surface area contributed by atoms with Gasteiger partial charge < -0.3 is 19.7 Å². The summed E-state index contributed by atoms with van der Waals surface area (Å²) in [5, 5.41) is 3.34.